The van der Waals surface area contributed by atoms with Gasteiger partial charge in [-0.2, -0.15) is 0 Å². The average Bonchev–Trinajstić information content (AvgIpc) is 3.19. The molecule has 0 bridgehead atoms. The van der Waals surface area contributed by atoms with Gasteiger partial charge in [0.05, 0.1) is 12.6 Å². The van der Waals surface area contributed by atoms with E-state index in [1.807, 2.05) is 36.4 Å². The molecule has 0 aliphatic heterocycles. The quantitative estimate of drug-likeness (QED) is 0.533. The highest BCUT2D eigenvalue weighted by molar-refractivity contribution is 5.52. The van der Waals surface area contributed by atoms with Gasteiger partial charge in [0.15, 0.2) is 0 Å². The Balaban J connectivity index is 1.52. The van der Waals surface area contributed by atoms with Crippen molar-refractivity contribution < 1.29 is 4.42 Å². The van der Waals surface area contributed by atoms with Crippen LogP contribution in [0.5, 0.6) is 0 Å². The topological polar surface area (TPSA) is 51.0 Å². The van der Waals surface area contributed by atoms with Crippen LogP contribution >= 0.6 is 0 Å². The molecule has 0 saturated carbocycles. The zero-order valence-corrected chi connectivity index (χ0v) is 15.2. The molecule has 4 heteroatoms. The molecule has 0 spiro atoms. The number of nitrogens with one attached hydrogen (secondary N) is 1. The summed E-state index contributed by atoms with van der Waals surface area (Å²) in [5.41, 5.74) is 4.53. The summed E-state index contributed by atoms with van der Waals surface area (Å²) >= 11 is 0. The smallest absolute Gasteiger partial charge is 0.247 e. The van der Waals surface area contributed by atoms with Gasteiger partial charge in [-0.1, -0.05) is 78.4 Å². The van der Waals surface area contributed by atoms with Crippen molar-refractivity contribution in [3.8, 4) is 11.5 Å². The third kappa shape index (κ3) is 4.13. The van der Waals surface area contributed by atoms with E-state index in [1.54, 1.807) is 0 Å². The Bertz CT molecular complexity index is 940. The van der Waals surface area contributed by atoms with E-state index in [9.17, 15) is 0 Å². The van der Waals surface area contributed by atoms with Crippen LogP contribution in [0.3, 0.4) is 0 Å². The fraction of sp³-hybridized carbons (Fsp3) is 0.130. The molecule has 27 heavy (non-hydrogen) atoms. The Hall–Kier alpha value is -3.24. The molecule has 1 aromatic heterocycles. The fourth-order valence-electron chi connectivity index (χ4n) is 3.05. The van der Waals surface area contributed by atoms with Crippen molar-refractivity contribution in [3.63, 3.8) is 0 Å². The molecular formula is C23H21N3O. The van der Waals surface area contributed by atoms with Crippen molar-refractivity contribution in [2.24, 2.45) is 0 Å². The summed E-state index contributed by atoms with van der Waals surface area (Å²) in [5, 5.41) is 11.9. The van der Waals surface area contributed by atoms with Crippen LogP contribution in [0.15, 0.2) is 89.3 Å². The number of nitrogens with zero attached hydrogens (tertiary/aromatic N) is 2. The number of aryl methyl sites for hydroxylation is 1. The van der Waals surface area contributed by atoms with Crippen LogP contribution in [-0.4, -0.2) is 10.2 Å². The zero-order valence-electron chi connectivity index (χ0n) is 15.2. The van der Waals surface area contributed by atoms with Crippen LogP contribution in [-0.2, 0) is 6.54 Å². The van der Waals surface area contributed by atoms with Crippen molar-refractivity contribution in [3.05, 3.63) is 108 Å². The van der Waals surface area contributed by atoms with Crippen LogP contribution in [0.2, 0.25) is 0 Å². The molecular weight excluding hydrogens is 334 g/mol. The van der Waals surface area contributed by atoms with Gasteiger partial charge in [-0.15, -0.1) is 10.2 Å². The highest BCUT2D eigenvalue weighted by atomic mass is 16.4. The van der Waals surface area contributed by atoms with Crippen LogP contribution in [0.25, 0.3) is 11.5 Å². The molecule has 4 nitrogen and oxygen atoms in total. The normalized spacial score (nSPS) is 11.0. The standard InChI is InChI=1S/C23H21N3O/c1-17-12-14-20(15-13-17)23-26-25-21(27-23)16-24-22(18-8-4-2-5-9-18)19-10-6-3-7-11-19/h2-15,22,24H,16H2,1H3. The van der Waals surface area contributed by atoms with Gasteiger partial charge >= 0.3 is 0 Å². The first-order valence-electron chi connectivity index (χ1n) is 9.02. The lowest BCUT2D eigenvalue weighted by atomic mass is 9.99. The molecule has 0 aliphatic rings. The molecule has 4 rings (SSSR count). The Labute approximate surface area is 158 Å². The van der Waals surface area contributed by atoms with Gasteiger partial charge in [0.1, 0.15) is 0 Å². The SMILES string of the molecule is Cc1ccc(-c2nnc(CNC(c3ccccc3)c3ccccc3)o2)cc1. The van der Waals surface area contributed by atoms with Crippen molar-refractivity contribution in [2.75, 3.05) is 0 Å². The fourth-order valence-corrected chi connectivity index (χ4v) is 3.05. The average molecular weight is 355 g/mol. The molecule has 134 valence electrons. The summed E-state index contributed by atoms with van der Waals surface area (Å²) in [6.07, 6.45) is 0. The Kier molecular flexibility index (Phi) is 5.08. The van der Waals surface area contributed by atoms with Crippen molar-refractivity contribution in [1.29, 1.82) is 0 Å². The molecule has 0 amide bonds. The van der Waals surface area contributed by atoms with Crippen LogP contribution in [0.4, 0.5) is 0 Å². The summed E-state index contributed by atoms with van der Waals surface area (Å²) in [6, 6.07) is 28.9. The van der Waals surface area contributed by atoms with Gasteiger partial charge in [-0.25, -0.2) is 0 Å². The first kappa shape index (κ1) is 17.2. The third-order valence-electron chi connectivity index (χ3n) is 4.49. The lowest BCUT2D eigenvalue weighted by molar-refractivity contribution is 0.462. The molecule has 0 radical (unpaired) electrons. The Morgan fingerprint density at radius 3 is 1.96 bits per heavy atom. The first-order valence-corrected chi connectivity index (χ1v) is 9.02. The summed E-state index contributed by atoms with van der Waals surface area (Å²) in [4.78, 5) is 0. The van der Waals surface area contributed by atoms with Gasteiger partial charge in [-0.05, 0) is 30.2 Å². The maximum atomic E-state index is 5.85. The molecule has 1 heterocycles. The predicted molar refractivity (Wildman–Crippen MR) is 106 cm³/mol. The summed E-state index contributed by atoms with van der Waals surface area (Å²) in [7, 11) is 0. The molecule has 3 aromatic carbocycles. The summed E-state index contributed by atoms with van der Waals surface area (Å²) < 4.78 is 5.85. The number of hydrogen-bond donors (Lipinski definition) is 1. The van der Waals surface area contributed by atoms with Crippen molar-refractivity contribution in [1.82, 2.24) is 15.5 Å². The van der Waals surface area contributed by atoms with E-state index in [2.05, 4.69) is 71.0 Å². The molecule has 4 aromatic rings. The third-order valence-corrected chi connectivity index (χ3v) is 4.49. The number of rotatable bonds is 6. The van der Waals surface area contributed by atoms with E-state index >= 15 is 0 Å². The second kappa shape index (κ2) is 7.98. The lowest BCUT2D eigenvalue weighted by Crippen LogP contribution is -2.22. The maximum Gasteiger partial charge on any atom is 0.247 e. The van der Waals surface area contributed by atoms with E-state index in [-0.39, 0.29) is 6.04 Å². The van der Waals surface area contributed by atoms with Gasteiger partial charge in [0.2, 0.25) is 11.8 Å². The Morgan fingerprint density at radius 2 is 1.37 bits per heavy atom. The molecule has 1 N–H and O–H groups in total. The summed E-state index contributed by atoms with van der Waals surface area (Å²) in [6.45, 7) is 2.55. The minimum atomic E-state index is 0.0575. The minimum Gasteiger partial charge on any atom is -0.419 e. The van der Waals surface area contributed by atoms with Gasteiger partial charge in [0.25, 0.3) is 0 Å². The monoisotopic (exact) mass is 355 g/mol. The molecule has 0 aliphatic carbocycles. The van der Waals surface area contributed by atoms with Crippen LogP contribution in [0.1, 0.15) is 28.6 Å². The second-order valence-electron chi connectivity index (χ2n) is 6.50. The molecule has 0 fully saturated rings. The van der Waals surface area contributed by atoms with E-state index in [0.717, 1.165) is 5.56 Å². The summed E-state index contributed by atoms with van der Waals surface area (Å²) in [5.74, 6) is 1.12. The molecule has 0 unspecified atom stereocenters. The lowest BCUT2D eigenvalue weighted by Gasteiger charge is -2.19. The second-order valence-corrected chi connectivity index (χ2v) is 6.50. The minimum absolute atomic E-state index is 0.0575. The van der Waals surface area contributed by atoms with E-state index in [0.29, 0.717) is 18.3 Å². The Morgan fingerprint density at radius 1 is 0.778 bits per heavy atom. The van der Waals surface area contributed by atoms with Crippen molar-refractivity contribution in [2.45, 2.75) is 19.5 Å². The van der Waals surface area contributed by atoms with Crippen molar-refractivity contribution >= 4 is 0 Å². The number of benzene rings is 3. The highest BCUT2D eigenvalue weighted by Crippen LogP contribution is 2.23. The predicted octanol–water partition coefficient (Wildman–Crippen LogP) is 4.92. The van der Waals surface area contributed by atoms with Gasteiger partial charge in [0, 0.05) is 5.56 Å². The number of hydrogen-bond acceptors (Lipinski definition) is 4. The molecule has 0 atom stereocenters. The van der Waals surface area contributed by atoms with E-state index in [4.69, 9.17) is 4.42 Å². The largest absolute Gasteiger partial charge is 0.419 e. The highest BCUT2D eigenvalue weighted by Gasteiger charge is 2.15. The van der Waals surface area contributed by atoms with Crippen LogP contribution in [0, 0.1) is 6.92 Å². The zero-order chi connectivity index (χ0) is 18.5. The molecule has 0 saturated heterocycles. The first-order chi connectivity index (χ1) is 13.3. The van der Waals surface area contributed by atoms with E-state index in [1.165, 1.54) is 16.7 Å². The number of aromatic nitrogens is 2. The maximum absolute atomic E-state index is 5.85. The van der Waals surface area contributed by atoms with Gasteiger partial charge in [-0.3, -0.25) is 5.32 Å². The van der Waals surface area contributed by atoms with Gasteiger partial charge < -0.3 is 4.42 Å². The van der Waals surface area contributed by atoms with E-state index < -0.39 is 0 Å². The van der Waals surface area contributed by atoms with Crippen LogP contribution < -0.4 is 5.32 Å².